The van der Waals surface area contributed by atoms with Crippen LogP contribution < -0.4 is 10.6 Å². The lowest BCUT2D eigenvalue weighted by Gasteiger charge is -2.25. The number of benzene rings is 1. The zero-order valence-electron chi connectivity index (χ0n) is 15.0. The largest absolute Gasteiger partial charge is 0.372 e. The van der Waals surface area contributed by atoms with E-state index < -0.39 is 29.6 Å². The van der Waals surface area contributed by atoms with E-state index in [1.54, 1.807) is 20.8 Å². The Hall–Kier alpha value is -2.32. The third-order valence-electron chi connectivity index (χ3n) is 3.86. The average Bonchev–Trinajstić information content (AvgIpc) is 2.93. The Morgan fingerprint density at radius 1 is 1.27 bits per heavy atom. The molecular weight excluding hydrogens is 347 g/mol. The molecular formula is C18H22F3N3O2. The monoisotopic (exact) mass is 369 g/mol. The quantitative estimate of drug-likeness (QED) is 0.686. The summed E-state index contributed by atoms with van der Waals surface area (Å²) in [5.41, 5.74) is 0.207. The molecule has 1 atom stereocenters. The highest BCUT2D eigenvalue weighted by Gasteiger charge is 2.43. The van der Waals surface area contributed by atoms with Crippen molar-refractivity contribution in [3.05, 3.63) is 53.1 Å². The molecule has 1 amide bonds. The van der Waals surface area contributed by atoms with Crippen LogP contribution in [0.25, 0.3) is 0 Å². The first-order valence-electron chi connectivity index (χ1n) is 8.08. The summed E-state index contributed by atoms with van der Waals surface area (Å²) in [6.45, 7) is 4.82. The fourth-order valence-electron chi connectivity index (χ4n) is 2.51. The maximum absolute atomic E-state index is 14.5. The number of aryl methyl sites for hydroxylation is 2. The van der Waals surface area contributed by atoms with Crippen molar-refractivity contribution in [3.8, 4) is 0 Å². The molecule has 1 heterocycles. The number of anilines is 1. The van der Waals surface area contributed by atoms with Crippen molar-refractivity contribution in [2.75, 3.05) is 5.32 Å². The van der Waals surface area contributed by atoms with E-state index in [1.165, 1.54) is 31.4 Å². The third-order valence-corrected chi connectivity index (χ3v) is 3.86. The molecule has 5 nitrogen and oxygen atoms in total. The highest BCUT2D eigenvalue weighted by Crippen LogP contribution is 2.32. The van der Waals surface area contributed by atoms with E-state index in [4.69, 9.17) is 0 Å². The normalized spacial score (nSPS) is 13.1. The number of aromatic nitrogens is 1. The van der Waals surface area contributed by atoms with Gasteiger partial charge in [0.25, 0.3) is 5.91 Å². The second-order valence-electron chi connectivity index (χ2n) is 6.49. The smallest absolute Gasteiger partial charge is 0.326 e. The number of alkyl halides is 2. The highest BCUT2D eigenvalue weighted by molar-refractivity contribution is 6.04. The molecule has 3 N–H and O–H groups in total. The van der Waals surface area contributed by atoms with Crippen molar-refractivity contribution < 1.29 is 23.1 Å². The predicted molar refractivity (Wildman–Crippen MR) is 92.7 cm³/mol. The Morgan fingerprint density at radius 2 is 1.92 bits per heavy atom. The Kier molecular flexibility index (Phi) is 5.77. The van der Waals surface area contributed by atoms with Gasteiger partial charge in [0, 0.05) is 25.0 Å². The van der Waals surface area contributed by atoms with E-state index in [1.807, 2.05) is 0 Å². The van der Waals surface area contributed by atoms with Gasteiger partial charge in [-0.05, 0) is 50.6 Å². The summed E-state index contributed by atoms with van der Waals surface area (Å²) in [5, 5.41) is 14.6. The molecule has 0 aliphatic carbocycles. The zero-order valence-corrected chi connectivity index (χ0v) is 15.0. The fraction of sp³-hybridized carbons (Fsp3) is 0.389. The number of rotatable bonds is 6. The molecule has 0 saturated carbocycles. The lowest BCUT2D eigenvalue weighted by Crippen LogP contribution is -2.46. The van der Waals surface area contributed by atoms with Gasteiger partial charge in [-0.25, -0.2) is 4.39 Å². The minimum absolute atomic E-state index is 0.000833. The summed E-state index contributed by atoms with van der Waals surface area (Å²) in [6, 6.07) is 4.72. The number of carbonyl (C=O) groups excluding carboxylic acids is 1. The van der Waals surface area contributed by atoms with Gasteiger partial charge in [-0.3, -0.25) is 10.1 Å². The Morgan fingerprint density at radius 3 is 2.50 bits per heavy atom. The molecule has 142 valence electrons. The maximum atomic E-state index is 14.5. The van der Waals surface area contributed by atoms with E-state index in [0.717, 1.165) is 10.6 Å². The molecule has 0 bridgehead atoms. The van der Waals surface area contributed by atoms with Crippen LogP contribution in [-0.4, -0.2) is 27.9 Å². The van der Waals surface area contributed by atoms with Crippen LogP contribution in [0.15, 0.2) is 30.5 Å². The number of halogens is 3. The molecule has 2 rings (SSSR count). The van der Waals surface area contributed by atoms with Crippen molar-refractivity contribution in [2.45, 2.75) is 39.0 Å². The summed E-state index contributed by atoms with van der Waals surface area (Å²) in [6.07, 6.45) is -0.844. The summed E-state index contributed by atoms with van der Waals surface area (Å²) in [4.78, 5) is 12.3. The summed E-state index contributed by atoms with van der Waals surface area (Å²) >= 11 is 0. The van der Waals surface area contributed by atoms with Crippen LogP contribution in [0.5, 0.6) is 0 Å². The lowest BCUT2D eigenvalue weighted by atomic mass is 10.1. The number of hydrogen-bond donors (Lipinski definition) is 3. The Bertz CT molecular complexity index is 803. The molecule has 0 aliphatic rings. The SMILES string of the molecule is Cc1cc(NC(=O)c2cc(C(F)(F)C(O)NC(C)C)n(C)c2)ccc1F. The minimum atomic E-state index is -3.59. The second-order valence-corrected chi connectivity index (χ2v) is 6.49. The summed E-state index contributed by atoms with van der Waals surface area (Å²) < 4.78 is 43.3. The number of nitrogens with one attached hydrogen (secondary N) is 2. The minimum Gasteiger partial charge on any atom is -0.372 e. The molecule has 1 aromatic carbocycles. The van der Waals surface area contributed by atoms with Gasteiger partial charge in [-0.1, -0.05) is 0 Å². The van der Waals surface area contributed by atoms with Gasteiger partial charge in [0.1, 0.15) is 5.82 Å². The number of hydrogen-bond acceptors (Lipinski definition) is 3. The van der Waals surface area contributed by atoms with E-state index in [0.29, 0.717) is 11.3 Å². The summed E-state index contributed by atoms with van der Waals surface area (Å²) in [7, 11) is 1.37. The number of nitrogens with zero attached hydrogens (tertiary/aromatic N) is 1. The molecule has 0 fully saturated rings. The topological polar surface area (TPSA) is 66.3 Å². The molecule has 2 aromatic rings. The third kappa shape index (κ3) is 4.25. The first-order valence-corrected chi connectivity index (χ1v) is 8.08. The van der Waals surface area contributed by atoms with Gasteiger partial charge >= 0.3 is 5.92 Å². The van der Waals surface area contributed by atoms with E-state index in [2.05, 4.69) is 10.6 Å². The Labute approximate surface area is 149 Å². The van der Waals surface area contributed by atoms with Gasteiger partial charge in [0.15, 0.2) is 6.23 Å². The van der Waals surface area contributed by atoms with Crippen LogP contribution in [0.3, 0.4) is 0 Å². The van der Waals surface area contributed by atoms with Crippen LogP contribution in [0, 0.1) is 12.7 Å². The van der Waals surface area contributed by atoms with Gasteiger partial charge in [-0.2, -0.15) is 8.78 Å². The van der Waals surface area contributed by atoms with Crippen molar-refractivity contribution in [1.82, 2.24) is 9.88 Å². The van der Waals surface area contributed by atoms with Gasteiger partial charge in [0.2, 0.25) is 0 Å². The molecule has 0 aliphatic heterocycles. The molecule has 8 heteroatoms. The standard InChI is InChI=1S/C18H22F3N3O2/c1-10(2)22-17(26)18(20,21)15-8-12(9-24(15)4)16(25)23-13-5-6-14(19)11(3)7-13/h5-10,17,22,26H,1-4H3,(H,23,25). The first kappa shape index (κ1) is 20.0. The van der Waals surface area contributed by atoms with Crippen LogP contribution in [0.2, 0.25) is 0 Å². The Balaban J connectivity index is 2.23. The van der Waals surface area contributed by atoms with Crippen molar-refractivity contribution in [2.24, 2.45) is 7.05 Å². The number of carbonyl (C=O) groups is 1. The zero-order chi connectivity index (χ0) is 19.6. The number of aliphatic hydroxyl groups is 1. The lowest BCUT2D eigenvalue weighted by molar-refractivity contribution is -0.136. The van der Waals surface area contributed by atoms with Crippen molar-refractivity contribution >= 4 is 11.6 Å². The van der Waals surface area contributed by atoms with E-state index in [9.17, 15) is 23.1 Å². The molecule has 0 saturated heterocycles. The van der Waals surface area contributed by atoms with Crippen molar-refractivity contribution in [1.29, 1.82) is 0 Å². The van der Waals surface area contributed by atoms with E-state index in [-0.39, 0.29) is 11.6 Å². The average molecular weight is 369 g/mol. The molecule has 0 spiro atoms. The fourth-order valence-corrected chi connectivity index (χ4v) is 2.51. The molecule has 26 heavy (non-hydrogen) atoms. The molecule has 1 unspecified atom stereocenters. The number of aliphatic hydroxyl groups excluding tert-OH is 1. The van der Waals surface area contributed by atoms with Gasteiger partial charge in [-0.15, -0.1) is 0 Å². The highest BCUT2D eigenvalue weighted by atomic mass is 19.3. The first-order chi connectivity index (χ1) is 12.0. The van der Waals surface area contributed by atoms with Crippen molar-refractivity contribution in [3.63, 3.8) is 0 Å². The maximum Gasteiger partial charge on any atom is 0.326 e. The van der Waals surface area contributed by atoms with Gasteiger partial charge in [0.05, 0.1) is 11.3 Å². The number of amides is 1. The van der Waals surface area contributed by atoms with Crippen LogP contribution in [0.4, 0.5) is 18.9 Å². The van der Waals surface area contributed by atoms with Crippen LogP contribution >= 0.6 is 0 Å². The van der Waals surface area contributed by atoms with Crippen LogP contribution in [-0.2, 0) is 13.0 Å². The molecule has 1 aromatic heterocycles. The summed E-state index contributed by atoms with van der Waals surface area (Å²) in [5.74, 6) is -4.61. The van der Waals surface area contributed by atoms with Crippen LogP contribution in [0.1, 0.15) is 35.5 Å². The van der Waals surface area contributed by atoms with Gasteiger partial charge < -0.3 is 15.0 Å². The predicted octanol–water partition coefficient (Wildman–Crippen LogP) is 3.13. The van der Waals surface area contributed by atoms with E-state index >= 15 is 0 Å². The second kappa shape index (κ2) is 7.51. The molecule has 0 radical (unpaired) electrons.